The summed E-state index contributed by atoms with van der Waals surface area (Å²) in [4.78, 5) is 26.0. The molecule has 0 aliphatic heterocycles. The van der Waals surface area contributed by atoms with Gasteiger partial charge in [0.05, 0.1) is 13.2 Å². The predicted octanol–water partition coefficient (Wildman–Crippen LogP) is 9.63. The van der Waals surface area contributed by atoms with Gasteiger partial charge in [-0.3, -0.25) is 9.59 Å². The number of carbonyl (C=O) groups excluding carboxylic acids is 2. The fourth-order valence-corrected chi connectivity index (χ4v) is 8.27. The van der Waals surface area contributed by atoms with Crippen LogP contribution in [0.3, 0.4) is 0 Å². The van der Waals surface area contributed by atoms with Crippen molar-refractivity contribution in [3.05, 3.63) is 71.8 Å². The highest BCUT2D eigenvalue weighted by molar-refractivity contribution is 5.91. The molecule has 2 fully saturated rings. The molecule has 0 aromatic heterocycles. The van der Waals surface area contributed by atoms with E-state index >= 15 is 0 Å². The van der Waals surface area contributed by atoms with Crippen LogP contribution in [0.25, 0.3) is 0 Å². The molecule has 260 valence electrons. The Morgan fingerprint density at radius 1 is 0.574 bits per heavy atom. The Balaban J connectivity index is 1.24. The van der Waals surface area contributed by atoms with Crippen molar-refractivity contribution in [1.29, 1.82) is 0 Å². The zero-order valence-electron chi connectivity index (χ0n) is 29.6. The van der Waals surface area contributed by atoms with Crippen molar-refractivity contribution in [3.8, 4) is 0 Å². The third-order valence-electron chi connectivity index (χ3n) is 11.7. The summed E-state index contributed by atoms with van der Waals surface area (Å²) in [5, 5.41) is 0. The maximum atomic E-state index is 13.0. The second kappa shape index (κ2) is 18.7. The minimum absolute atomic E-state index is 0.0677. The van der Waals surface area contributed by atoms with Gasteiger partial charge in [-0.2, -0.15) is 0 Å². The lowest BCUT2D eigenvalue weighted by molar-refractivity contribution is -0.165. The molecule has 0 N–H and O–H groups in total. The first kappa shape index (κ1) is 37.1. The average Bonchev–Trinajstić information content (AvgIpc) is 3.09. The molecule has 2 aliphatic rings. The molecule has 0 radical (unpaired) electrons. The Labute approximate surface area is 284 Å². The molecule has 4 atom stereocenters. The van der Waals surface area contributed by atoms with Crippen LogP contribution in [-0.4, -0.2) is 37.4 Å². The van der Waals surface area contributed by atoms with Gasteiger partial charge in [0.15, 0.2) is 0 Å². The van der Waals surface area contributed by atoms with E-state index in [1.165, 1.54) is 49.7 Å². The van der Waals surface area contributed by atoms with E-state index in [-0.39, 0.29) is 41.3 Å². The number of ether oxygens (including phenoxy) is 4. The number of benzene rings is 2. The van der Waals surface area contributed by atoms with Gasteiger partial charge < -0.3 is 18.9 Å². The number of rotatable bonds is 18. The Bertz CT molecular complexity index is 1090. The summed E-state index contributed by atoms with van der Waals surface area (Å²) in [6, 6.07) is 20.5. The lowest BCUT2D eigenvalue weighted by atomic mass is 9.63. The van der Waals surface area contributed by atoms with Crippen LogP contribution in [0.15, 0.2) is 60.7 Å². The lowest BCUT2D eigenvalue weighted by Gasteiger charge is -2.44. The minimum atomic E-state index is -0.498. The van der Waals surface area contributed by atoms with Crippen molar-refractivity contribution in [2.24, 2.45) is 22.7 Å². The van der Waals surface area contributed by atoms with Crippen LogP contribution in [0, 0.1) is 22.7 Å². The number of carbonyl (C=O) groups is 2. The third kappa shape index (κ3) is 11.2. The number of esters is 2. The highest BCUT2D eigenvalue weighted by Crippen LogP contribution is 2.48. The van der Waals surface area contributed by atoms with E-state index in [9.17, 15) is 9.59 Å². The average molecular weight is 649 g/mol. The summed E-state index contributed by atoms with van der Waals surface area (Å²) in [5.74, 6) is -0.668. The zero-order chi connectivity index (χ0) is 33.5. The van der Waals surface area contributed by atoms with Crippen molar-refractivity contribution in [2.45, 2.75) is 137 Å². The van der Waals surface area contributed by atoms with Crippen LogP contribution in [0.1, 0.15) is 122 Å². The molecule has 4 unspecified atom stereocenters. The topological polar surface area (TPSA) is 71.1 Å². The van der Waals surface area contributed by atoms with Gasteiger partial charge in [-0.05, 0) is 86.2 Å². The van der Waals surface area contributed by atoms with Crippen molar-refractivity contribution < 1.29 is 28.5 Å². The number of hydrogen-bond acceptors (Lipinski definition) is 6. The van der Waals surface area contributed by atoms with E-state index in [0.29, 0.717) is 26.4 Å². The van der Waals surface area contributed by atoms with Gasteiger partial charge in [0, 0.05) is 13.2 Å². The van der Waals surface area contributed by atoms with Crippen LogP contribution in [0.4, 0.5) is 0 Å². The molecule has 2 aromatic rings. The second-order valence-corrected chi connectivity index (χ2v) is 14.6. The highest BCUT2D eigenvalue weighted by atomic mass is 16.6. The monoisotopic (exact) mass is 648 g/mol. The molecule has 2 aliphatic carbocycles. The van der Waals surface area contributed by atoms with E-state index in [4.69, 9.17) is 18.9 Å². The maximum absolute atomic E-state index is 13.0. The third-order valence-corrected chi connectivity index (χ3v) is 11.7. The Morgan fingerprint density at radius 2 is 0.936 bits per heavy atom. The van der Waals surface area contributed by atoms with E-state index in [1.54, 1.807) is 0 Å². The summed E-state index contributed by atoms with van der Waals surface area (Å²) in [7, 11) is 0. The van der Waals surface area contributed by atoms with Crippen LogP contribution >= 0.6 is 0 Å². The van der Waals surface area contributed by atoms with Crippen LogP contribution < -0.4 is 0 Å². The Hall–Kier alpha value is -2.70. The summed E-state index contributed by atoms with van der Waals surface area (Å²) in [6.45, 7) is 11.0. The number of hydrogen-bond donors (Lipinski definition) is 0. The summed E-state index contributed by atoms with van der Waals surface area (Å²) in [6.07, 6.45) is 12.6. The van der Waals surface area contributed by atoms with Gasteiger partial charge in [0.1, 0.15) is 18.6 Å². The molecule has 0 amide bonds. The summed E-state index contributed by atoms with van der Waals surface area (Å²) in [5.41, 5.74) is 2.49. The summed E-state index contributed by atoms with van der Waals surface area (Å²) >= 11 is 0. The standard InChI is InChI=1S/C41H60O6/c1-32(40(21-13-7-14-22-40)25-27-44-30-36-17-9-5-10-18-36)34(3)46-38(42)29-39(43)47-35(4)33(2)41(23-15-8-16-24-41)26-28-45-31-37-19-11-6-12-20-37/h5-6,9-12,17-20,32-35H,7-8,13-16,21-31H2,1-4H3. The van der Waals surface area contributed by atoms with Crippen molar-refractivity contribution in [2.75, 3.05) is 13.2 Å². The fourth-order valence-electron chi connectivity index (χ4n) is 8.27. The van der Waals surface area contributed by atoms with E-state index in [0.717, 1.165) is 38.5 Å². The SMILES string of the molecule is CC(OC(=O)CC(=O)OC(C)C(C)C1(CCOCc2ccccc2)CCCCC1)C(C)C1(CCOCc2ccccc2)CCCCC1. The van der Waals surface area contributed by atoms with E-state index < -0.39 is 11.9 Å². The van der Waals surface area contributed by atoms with Crippen LogP contribution in [0.5, 0.6) is 0 Å². The van der Waals surface area contributed by atoms with Crippen molar-refractivity contribution in [3.63, 3.8) is 0 Å². The molecule has 0 bridgehead atoms. The van der Waals surface area contributed by atoms with Gasteiger partial charge >= 0.3 is 11.9 Å². The normalized spacial score (nSPS) is 20.0. The first-order valence-corrected chi connectivity index (χ1v) is 18.4. The minimum Gasteiger partial charge on any atom is -0.462 e. The van der Waals surface area contributed by atoms with Crippen LogP contribution in [-0.2, 0) is 41.8 Å². The molecule has 4 rings (SSSR count). The molecule has 2 aromatic carbocycles. The zero-order valence-corrected chi connectivity index (χ0v) is 29.6. The Morgan fingerprint density at radius 3 is 1.30 bits per heavy atom. The maximum Gasteiger partial charge on any atom is 0.317 e. The largest absolute Gasteiger partial charge is 0.462 e. The van der Waals surface area contributed by atoms with Crippen LogP contribution in [0.2, 0.25) is 0 Å². The first-order chi connectivity index (χ1) is 22.7. The molecule has 47 heavy (non-hydrogen) atoms. The van der Waals surface area contributed by atoms with Gasteiger partial charge in [-0.1, -0.05) is 113 Å². The lowest BCUT2D eigenvalue weighted by Crippen LogP contribution is -2.41. The smallest absolute Gasteiger partial charge is 0.317 e. The Kier molecular flexibility index (Phi) is 14.8. The molecular formula is C41H60O6. The molecule has 2 saturated carbocycles. The van der Waals surface area contributed by atoms with E-state index in [2.05, 4.69) is 38.1 Å². The molecule has 0 heterocycles. The predicted molar refractivity (Wildman–Crippen MR) is 187 cm³/mol. The van der Waals surface area contributed by atoms with Gasteiger partial charge in [0.25, 0.3) is 0 Å². The molecule has 0 saturated heterocycles. The fraction of sp³-hybridized carbons (Fsp3) is 0.659. The molecular weight excluding hydrogens is 588 g/mol. The summed E-state index contributed by atoms with van der Waals surface area (Å²) < 4.78 is 24.0. The second-order valence-electron chi connectivity index (χ2n) is 14.6. The highest BCUT2D eigenvalue weighted by Gasteiger charge is 2.42. The quantitative estimate of drug-likeness (QED) is 0.0911. The van der Waals surface area contributed by atoms with Gasteiger partial charge in [-0.25, -0.2) is 0 Å². The van der Waals surface area contributed by atoms with E-state index in [1.807, 2.05) is 50.2 Å². The van der Waals surface area contributed by atoms with Gasteiger partial charge in [-0.15, -0.1) is 0 Å². The van der Waals surface area contributed by atoms with Gasteiger partial charge in [0.2, 0.25) is 0 Å². The molecule has 6 nitrogen and oxygen atoms in total. The van der Waals surface area contributed by atoms with Crippen molar-refractivity contribution >= 4 is 11.9 Å². The molecule has 0 spiro atoms. The van der Waals surface area contributed by atoms with Crippen molar-refractivity contribution in [1.82, 2.24) is 0 Å². The molecule has 6 heteroatoms. The first-order valence-electron chi connectivity index (χ1n) is 18.4.